The Bertz CT molecular complexity index is 501. The van der Waals surface area contributed by atoms with Crippen molar-refractivity contribution < 1.29 is 8.42 Å². The lowest BCUT2D eigenvalue weighted by Crippen LogP contribution is -2.39. The summed E-state index contributed by atoms with van der Waals surface area (Å²) in [5, 5.41) is 0. The molecule has 0 unspecified atom stereocenters. The van der Waals surface area contributed by atoms with Gasteiger partial charge in [0, 0.05) is 17.6 Å². The minimum atomic E-state index is -3.34. The Labute approximate surface area is 111 Å². The van der Waals surface area contributed by atoms with E-state index >= 15 is 0 Å². The van der Waals surface area contributed by atoms with E-state index < -0.39 is 10.0 Å². The van der Waals surface area contributed by atoms with Crippen molar-refractivity contribution in [2.45, 2.75) is 24.7 Å². The van der Waals surface area contributed by atoms with Crippen LogP contribution in [0.3, 0.4) is 0 Å². The van der Waals surface area contributed by atoms with Gasteiger partial charge in [-0.3, -0.25) is 0 Å². The van der Waals surface area contributed by atoms with E-state index in [1.165, 1.54) is 0 Å². The van der Waals surface area contributed by atoms with E-state index in [-0.39, 0.29) is 0 Å². The van der Waals surface area contributed by atoms with Crippen LogP contribution in [0.25, 0.3) is 0 Å². The average Bonchev–Trinajstić information content (AvgIpc) is 2.29. The summed E-state index contributed by atoms with van der Waals surface area (Å²) >= 11 is 3.31. The summed E-state index contributed by atoms with van der Waals surface area (Å²) in [6.45, 7) is 3.36. The Morgan fingerprint density at radius 1 is 1.35 bits per heavy atom. The van der Waals surface area contributed by atoms with Crippen LogP contribution >= 0.6 is 15.9 Å². The fourth-order valence-electron chi connectivity index (χ4n) is 2.16. The van der Waals surface area contributed by atoms with Crippen LogP contribution in [-0.4, -0.2) is 25.8 Å². The highest BCUT2D eigenvalue weighted by molar-refractivity contribution is 9.10. The largest absolute Gasteiger partial charge is 0.244 e. The molecular weight excluding hydrogens is 302 g/mol. The molecule has 94 valence electrons. The van der Waals surface area contributed by atoms with Gasteiger partial charge in [-0.15, -0.1) is 0 Å². The third kappa shape index (κ3) is 2.72. The van der Waals surface area contributed by atoms with Crippen LogP contribution in [0.2, 0.25) is 0 Å². The van der Waals surface area contributed by atoms with Crippen LogP contribution in [0.15, 0.2) is 33.6 Å². The monoisotopic (exact) mass is 317 g/mol. The number of rotatable bonds is 2. The lowest BCUT2D eigenvalue weighted by Gasteiger charge is -2.30. The summed E-state index contributed by atoms with van der Waals surface area (Å²) in [5.41, 5.74) is 0. The molecular formula is C12H16BrNO2S. The highest BCUT2D eigenvalue weighted by Crippen LogP contribution is 2.27. The Morgan fingerprint density at radius 3 is 2.71 bits per heavy atom. The Kier molecular flexibility index (Phi) is 3.90. The van der Waals surface area contributed by atoms with E-state index in [0.29, 0.717) is 28.4 Å². The number of halogens is 1. The second-order valence-corrected chi connectivity index (χ2v) is 7.30. The molecule has 1 aromatic carbocycles. The van der Waals surface area contributed by atoms with Gasteiger partial charge in [0.2, 0.25) is 10.0 Å². The van der Waals surface area contributed by atoms with E-state index in [0.717, 1.165) is 12.8 Å². The first-order valence-electron chi connectivity index (χ1n) is 5.76. The van der Waals surface area contributed by atoms with Crippen molar-refractivity contribution >= 4 is 26.0 Å². The average molecular weight is 318 g/mol. The van der Waals surface area contributed by atoms with Gasteiger partial charge in [0.25, 0.3) is 0 Å². The first-order valence-corrected chi connectivity index (χ1v) is 8.00. The molecule has 0 saturated carbocycles. The number of benzene rings is 1. The van der Waals surface area contributed by atoms with Crippen LogP contribution in [0.1, 0.15) is 19.8 Å². The van der Waals surface area contributed by atoms with E-state index in [1.54, 1.807) is 22.5 Å². The molecule has 1 heterocycles. The van der Waals surface area contributed by atoms with Gasteiger partial charge in [0.1, 0.15) is 0 Å². The molecule has 1 aliphatic heterocycles. The van der Waals surface area contributed by atoms with Crippen molar-refractivity contribution in [3.63, 3.8) is 0 Å². The van der Waals surface area contributed by atoms with Gasteiger partial charge in [-0.1, -0.05) is 19.1 Å². The normalized spacial score (nSPS) is 22.6. The predicted molar refractivity (Wildman–Crippen MR) is 71.3 cm³/mol. The van der Waals surface area contributed by atoms with Crippen molar-refractivity contribution in [2.24, 2.45) is 5.92 Å². The van der Waals surface area contributed by atoms with Gasteiger partial charge < -0.3 is 0 Å². The SMILES string of the molecule is C[C@H]1CCCN(S(=O)(=O)c2ccccc2Br)C1. The molecule has 5 heteroatoms. The Balaban J connectivity index is 2.33. The van der Waals surface area contributed by atoms with Crippen molar-refractivity contribution in [1.29, 1.82) is 0 Å². The summed E-state index contributed by atoms with van der Waals surface area (Å²) in [4.78, 5) is 0.370. The summed E-state index contributed by atoms with van der Waals surface area (Å²) < 4.78 is 27.1. The molecule has 0 aliphatic carbocycles. The van der Waals surface area contributed by atoms with E-state index in [9.17, 15) is 8.42 Å². The van der Waals surface area contributed by atoms with Crippen LogP contribution in [0.5, 0.6) is 0 Å². The van der Waals surface area contributed by atoms with Gasteiger partial charge in [0.15, 0.2) is 0 Å². The fourth-order valence-corrected chi connectivity index (χ4v) is 4.72. The van der Waals surface area contributed by atoms with Crippen LogP contribution in [-0.2, 0) is 10.0 Å². The third-order valence-corrected chi connectivity index (χ3v) is 5.95. The van der Waals surface area contributed by atoms with Gasteiger partial charge in [-0.25, -0.2) is 8.42 Å². The third-order valence-electron chi connectivity index (χ3n) is 3.07. The molecule has 17 heavy (non-hydrogen) atoms. The first-order chi connectivity index (χ1) is 8.01. The molecule has 0 bridgehead atoms. The van der Waals surface area contributed by atoms with Gasteiger partial charge in [-0.05, 0) is 46.8 Å². The first kappa shape index (κ1) is 13.1. The Hall–Kier alpha value is -0.390. The molecule has 1 fully saturated rings. The Morgan fingerprint density at radius 2 is 2.06 bits per heavy atom. The molecule has 0 N–H and O–H groups in total. The lowest BCUT2D eigenvalue weighted by atomic mass is 10.0. The zero-order valence-corrected chi connectivity index (χ0v) is 12.2. The van der Waals surface area contributed by atoms with Crippen molar-refractivity contribution in [1.82, 2.24) is 4.31 Å². The van der Waals surface area contributed by atoms with Crippen LogP contribution in [0, 0.1) is 5.92 Å². The van der Waals surface area contributed by atoms with Crippen LogP contribution < -0.4 is 0 Å². The molecule has 0 spiro atoms. The molecule has 1 aliphatic rings. The van der Waals surface area contributed by atoms with Crippen molar-refractivity contribution in [2.75, 3.05) is 13.1 Å². The maximum absolute atomic E-state index is 12.4. The molecule has 0 amide bonds. The fraction of sp³-hybridized carbons (Fsp3) is 0.500. The second kappa shape index (κ2) is 5.08. The quantitative estimate of drug-likeness (QED) is 0.841. The highest BCUT2D eigenvalue weighted by Gasteiger charge is 2.29. The number of hydrogen-bond donors (Lipinski definition) is 0. The van der Waals surface area contributed by atoms with E-state index in [1.807, 2.05) is 6.07 Å². The van der Waals surface area contributed by atoms with E-state index in [2.05, 4.69) is 22.9 Å². The molecule has 0 aromatic heterocycles. The summed E-state index contributed by atoms with van der Waals surface area (Å²) in [5.74, 6) is 0.445. The van der Waals surface area contributed by atoms with Crippen LogP contribution in [0.4, 0.5) is 0 Å². The summed E-state index contributed by atoms with van der Waals surface area (Å²) in [7, 11) is -3.34. The molecule has 1 atom stereocenters. The second-order valence-electron chi connectivity index (χ2n) is 4.54. The smallest absolute Gasteiger partial charge is 0.207 e. The highest BCUT2D eigenvalue weighted by atomic mass is 79.9. The zero-order valence-electron chi connectivity index (χ0n) is 9.77. The van der Waals surface area contributed by atoms with E-state index in [4.69, 9.17) is 0 Å². The number of hydrogen-bond acceptors (Lipinski definition) is 2. The molecule has 3 nitrogen and oxygen atoms in total. The summed E-state index contributed by atoms with van der Waals surface area (Å²) in [6.07, 6.45) is 2.06. The zero-order chi connectivity index (χ0) is 12.5. The number of nitrogens with zero attached hydrogens (tertiary/aromatic N) is 1. The number of piperidine rings is 1. The maximum atomic E-state index is 12.4. The van der Waals surface area contributed by atoms with Gasteiger partial charge in [-0.2, -0.15) is 4.31 Å². The van der Waals surface area contributed by atoms with Crippen molar-refractivity contribution in [3.05, 3.63) is 28.7 Å². The molecule has 1 aromatic rings. The number of sulfonamides is 1. The minimum absolute atomic E-state index is 0.370. The summed E-state index contributed by atoms with van der Waals surface area (Å²) in [6, 6.07) is 6.99. The molecule has 0 radical (unpaired) electrons. The maximum Gasteiger partial charge on any atom is 0.244 e. The topological polar surface area (TPSA) is 37.4 Å². The molecule has 2 rings (SSSR count). The standard InChI is InChI=1S/C12H16BrNO2S/c1-10-5-4-8-14(9-10)17(15,16)12-7-3-2-6-11(12)13/h2-3,6-7,10H,4-5,8-9H2,1H3/t10-/m0/s1. The lowest BCUT2D eigenvalue weighted by molar-refractivity contribution is 0.281. The minimum Gasteiger partial charge on any atom is -0.207 e. The van der Waals surface area contributed by atoms with Gasteiger partial charge in [0.05, 0.1) is 4.90 Å². The van der Waals surface area contributed by atoms with Crippen molar-refractivity contribution in [3.8, 4) is 0 Å². The molecule has 1 saturated heterocycles. The van der Waals surface area contributed by atoms with Gasteiger partial charge >= 0.3 is 0 Å². The predicted octanol–water partition coefficient (Wildman–Crippen LogP) is 2.87.